The Balaban J connectivity index is 2.19. The smallest absolute Gasteiger partial charge is 0.252 e. The Morgan fingerprint density at radius 2 is 2.18 bits per heavy atom. The molecule has 86 valence electrons. The molecule has 0 unspecified atom stereocenters. The van der Waals surface area contributed by atoms with Crippen LogP contribution in [0.1, 0.15) is 5.69 Å². The molecule has 0 bridgehead atoms. The molecule has 3 aromatic rings. The molecule has 17 heavy (non-hydrogen) atoms. The minimum absolute atomic E-state index is 0.643. The summed E-state index contributed by atoms with van der Waals surface area (Å²) in [6.45, 7) is 1.92. The standard InChI is InChI=1S/C11H8BrClN4/c1-6-9(12)17-11(14-6)15-10(16-17)7-3-2-4-8(13)5-7/h2-5H,1H3,(H,14,15,16). The zero-order valence-corrected chi connectivity index (χ0v) is 11.2. The van der Waals surface area contributed by atoms with Gasteiger partial charge in [0.15, 0.2) is 5.82 Å². The lowest BCUT2D eigenvalue weighted by Crippen LogP contribution is -1.86. The van der Waals surface area contributed by atoms with Gasteiger partial charge < -0.3 is 0 Å². The first kappa shape index (κ1) is 10.8. The van der Waals surface area contributed by atoms with Crippen molar-refractivity contribution in [1.29, 1.82) is 0 Å². The van der Waals surface area contributed by atoms with E-state index in [0.717, 1.165) is 21.7 Å². The molecule has 0 aliphatic heterocycles. The highest BCUT2D eigenvalue weighted by atomic mass is 79.9. The van der Waals surface area contributed by atoms with E-state index in [9.17, 15) is 0 Å². The molecule has 0 atom stereocenters. The summed E-state index contributed by atoms with van der Waals surface area (Å²) in [5.74, 6) is 1.39. The highest BCUT2D eigenvalue weighted by molar-refractivity contribution is 9.10. The maximum absolute atomic E-state index is 5.95. The predicted octanol–water partition coefficient (Wildman–Crippen LogP) is 3.45. The largest absolute Gasteiger partial charge is 0.273 e. The van der Waals surface area contributed by atoms with Crippen molar-refractivity contribution < 1.29 is 0 Å². The Hall–Kier alpha value is -1.33. The number of rotatable bonds is 1. The fourth-order valence-electron chi connectivity index (χ4n) is 1.67. The topological polar surface area (TPSA) is 46.0 Å². The third-order valence-electron chi connectivity index (χ3n) is 2.49. The monoisotopic (exact) mass is 310 g/mol. The maximum atomic E-state index is 5.95. The van der Waals surface area contributed by atoms with Crippen LogP contribution in [0.15, 0.2) is 28.9 Å². The van der Waals surface area contributed by atoms with Crippen molar-refractivity contribution in [3.63, 3.8) is 0 Å². The van der Waals surface area contributed by atoms with Crippen molar-refractivity contribution in [2.24, 2.45) is 0 Å². The van der Waals surface area contributed by atoms with Crippen LogP contribution in [0.4, 0.5) is 0 Å². The molecule has 4 nitrogen and oxygen atoms in total. The molecule has 2 heterocycles. The van der Waals surface area contributed by atoms with E-state index in [1.54, 1.807) is 4.52 Å². The molecule has 0 radical (unpaired) electrons. The van der Waals surface area contributed by atoms with Crippen LogP contribution in [0.3, 0.4) is 0 Å². The van der Waals surface area contributed by atoms with Gasteiger partial charge in [0.25, 0.3) is 5.78 Å². The number of nitrogens with zero attached hydrogens (tertiary/aromatic N) is 3. The number of H-pyrrole nitrogens is 1. The average molecular weight is 312 g/mol. The molecule has 0 saturated carbocycles. The predicted molar refractivity (Wildman–Crippen MR) is 70.2 cm³/mol. The number of aryl methyl sites for hydroxylation is 1. The third-order valence-corrected chi connectivity index (χ3v) is 3.65. The number of halogens is 2. The second-order valence-corrected chi connectivity index (χ2v) is 4.89. The number of benzene rings is 1. The van der Waals surface area contributed by atoms with Crippen molar-refractivity contribution in [3.05, 3.63) is 39.6 Å². The fraction of sp³-hybridized carbons (Fsp3) is 0.0909. The Morgan fingerprint density at radius 3 is 2.88 bits per heavy atom. The van der Waals surface area contributed by atoms with Crippen LogP contribution >= 0.6 is 27.5 Å². The number of hydrogen-bond donors (Lipinski definition) is 1. The van der Waals surface area contributed by atoms with Gasteiger partial charge >= 0.3 is 0 Å². The summed E-state index contributed by atoms with van der Waals surface area (Å²) >= 11 is 9.40. The average Bonchev–Trinajstić information content (AvgIpc) is 2.81. The summed E-state index contributed by atoms with van der Waals surface area (Å²) in [6, 6.07) is 7.54. The lowest BCUT2D eigenvalue weighted by atomic mass is 10.2. The molecule has 3 rings (SSSR count). The van der Waals surface area contributed by atoms with E-state index in [1.165, 1.54) is 0 Å². The lowest BCUT2D eigenvalue weighted by molar-refractivity contribution is 0.950. The molecule has 0 saturated heterocycles. The van der Waals surface area contributed by atoms with Crippen LogP contribution in [-0.2, 0) is 0 Å². The van der Waals surface area contributed by atoms with E-state index >= 15 is 0 Å². The molecular weight excluding hydrogens is 304 g/mol. The van der Waals surface area contributed by atoms with Gasteiger partial charge in [0.2, 0.25) is 0 Å². The number of fused-ring (bicyclic) bond motifs is 1. The minimum Gasteiger partial charge on any atom is -0.273 e. The highest BCUT2D eigenvalue weighted by Crippen LogP contribution is 2.23. The summed E-state index contributed by atoms with van der Waals surface area (Å²) in [6.07, 6.45) is 0. The summed E-state index contributed by atoms with van der Waals surface area (Å²) in [5.41, 5.74) is 1.84. The Kier molecular flexibility index (Phi) is 2.45. The lowest BCUT2D eigenvalue weighted by Gasteiger charge is -1.96. The summed E-state index contributed by atoms with van der Waals surface area (Å²) in [5, 5.41) is 3.85. The van der Waals surface area contributed by atoms with E-state index in [2.05, 4.69) is 31.0 Å². The van der Waals surface area contributed by atoms with Crippen LogP contribution in [0.5, 0.6) is 0 Å². The van der Waals surface area contributed by atoms with E-state index in [0.29, 0.717) is 10.8 Å². The van der Waals surface area contributed by atoms with Crippen molar-refractivity contribution in [2.75, 3.05) is 0 Å². The molecule has 6 heteroatoms. The second kappa shape index (κ2) is 3.85. The summed E-state index contributed by atoms with van der Waals surface area (Å²) < 4.78 is 2.68. The van der Waals surface area contributed by atoms with Crippen LogP contribution in [0, 0.1) is 6.92 Å². The van der Waals surface area contributed by atoms with Gasteiger partial charge in [-0.15, -0.1) is 0 Å². The quantitative estimate of drug-likeness (QED) is 0.748. The van der Waals surface area contributed by atoms with Crippen LogP contribution in [0.25, 0.3) is 17.2 Å². The number of aromatic amines is 1. The molecule has 2 aromatic heterocycles. The molecule has 1 aromatic carbocycles. The van der Waals surface area contributed by atoms with Gasteiger partial charge in [-0.1, -0.05) is 23.7 Å². The molecular formula is C11H8BrClN4. The minimum atomic E-state index is 0.643. The highest BCUT2D eigenvalue weighted by Gasteiger charge is 2.11. The molecule has 0 fully saturated rings. The Morgan fingerprint density at radius 1 is 1.35 bits per heavy atom. The van der Waals surface area contributed by atoms with Crippen LogP contribution < -0.4 is 0 Å². The van der Waals surface area contributed by atoms with Gasteiger partial charge in [-0.2, -0.15) is 4.98 Å². The van der Waals surface area contributed by atoms with Gasteiger partial charge in [0.1, 0.15) is 4.60 Å². The van der Waals surface area contributed by atoms with Crippen LogP contribution in [0.2, 0.25) is 5.02 Å². The van der Waals surface area contributed by atoms with Gasteiger partial charge in [0, 0.05) is 10.6 Å². The van der Waals surface area contributed by atoms with Crippen molar-refractivity contribution in [2.45, 2.75) is 6.92 Å². The van der Waals surface area contributed by atoms with E-state index in [4.69, 9.17) is 11.6 Å². The Labute approximate surface area is 111 Å². The summed E-state index contributed by atoms with van der Waals surface area (Å²) in [4.78, 5) is 8.74. The first-order valence-corrected chi connectivity index (χ1v) is 6.19. The summed E-state index contributed by atoms with van der Waals surface area (Å²) in [7, 11) is 0. The van der Waals surface area contributed by atoms with Gasteiger partial charge in [-0.3, -0.25) is 5.10 Å². The molecule has 0 aliphatic rings. The van der Waals surface area contributed by atoms with Gasteiger partial charge in [-0.05, 0) is 35.0 Å². The zero-order valence-electron chi connectivity index (χ0n) is 8.91. The van der Waals surface area contributed by atoms with E-state index < -0.39 is 0 Å². The van der Waals surface area contributed by atoms with Gasteiger partial charge in [-0.25, -0.2) is 9.50 Å². The van der Waals surface area contributed by atoms with Crippen LogP contribution in [-0.4, -0.2) is 19.6 Å². The molecule has 0 aliphatic carbocycles. The maximum Gasteiger partial charge on any atom is 0.252 e. The number of aromatic nitrogens is 4. The molecule has 0 spiro atoms. The number of hydrogen-bond acceptors (Lipinski definition) is 2. The van der Waals surface area contributed by atoms with E-state index in [-0.39, 0.29) is 0 Å². The Bertz CT molecular complexity index is 701. The first-order valence-electron chi connectivity index (χ1n) is 5.01. The molecule has 0 amide bonds. The normalized spacial score (nSPS) is 11.2. The fourth-order valence-corrected chi connectivity index (χ4v) is 2.19. The SMILES string of the molecule is Cc1nc2nc(-c3cccc(Cl)c3)[nH]n2c1Br. The number of imidazole rings is 1. The second-order valence-electron chi connectivity index (χ2n) is 3.71. The van der Waals surface area contributed by atoms with Crippen molar-refractivity contribution in [3.8, 4) is 11.4 Å². The van der Waals surface area contributed by atoms with E-state index in [1.807, 2.05) is 31.2 Å². The van der Waals surface area contributed by atoms with Gasteiger partial charge in [0.05, 0.1) is 5.69 Å². The molecule has 1 N–H and O–H groups in total. The van der Waals surface area contributed by atoms with Crippen molar-refractivity contribution >= 4 is 33.3 Å². The number of nitrogens with one attached hydrogen (secondary N) is 1. The zero-order chi connectivity index (χ0) is 12.0. The van der Waals surface area contributed by atoms with Crippen molar-refractivity contribution in [1.82, 2.24) is 19.6 Å². The third kappa shape index (κ3) is 1.75. The first-order chi connectivity index (χ1) is 8.15.